The Morgan fingerprint density at radius 3 is 1.95 bits per heavy atom. The van der Waals surface area contributed by atoms with Crippen LogP contribution in [0.1, 0.15) is 82.5 Å². The molecule has 3 N–H and O–H groups in total. The Morgan fingerprint density at radius 1 is 0.825 bits per heavy atom. The third-order valence-corrected chi connectivity index (χ3v) is 5.83. The fourth-order valence-electron chi connectivity index (χ4n) is 3.60. The normalized spacial score (nSPS) is 12.8. The molecule has 0 aliphatic rings. The van der Waals surface area contributed by atoms with Crippen molar-refractivity contribution in [1.82, 2.24) is 20.9 Å². The third-order valence-electron chi connectivity index (χ3n) is 5.83. The molecule has 218 valence electrons. The standard InChI is InChI=1S/C33H48N4O3/c1-4-5-6-7-8-9-10-11-12-13-14-15-16-17-18-19-20-23-30(38)37-31(28(2)3)33(40)36-26-25-35-32(39)29-22-21-24-34-27-29/h5-6,8-9,11-12,14-15,17-18,21-22,24,27-28,31H,4,7,10,13,16,19-20,23,25-26H2,1-3H3,(H,35,39)(H,36,40)(H,37,38)/b6-5-,9-8-,12-11-,15-14-,18-17-/t31-/m0/s1. The molecule has 0 aliphatic carbocycles. The highest BCUT2D eigenvalue weighted by atomic mass is 16.2. The molecule has 0 saturated heterocycles. The van der Waals surface area contributed by atoms with Crippen molar-refractivity contribution in [1.29, 1.82) is 0 Å². The highest BCUT2D eigenvalue weighted by molar-refractivity contribution is 5.93. The predicted molar refractivity (Wildman–Crippen MR) is 165 cm³/mol. The Kier molecular flexibility index (Phi) is 19.9. The first-order valence-electron chi connectivity index (χ1n) is 14.5. The van der Waals surface area contributed by atoms with Crippen LogP contribution in [-0.4, -0.2) is 41.8 Å². The van der Waals surface area contributed by atoms with Gasteiger partial charge < -0.3 is 16.0 Å². The molecule has 0 aliphatic heterocycles. The molecule has 1 aromatic heterocycles. The maximum absolute atomic E-state index is 12.6. The van der Waals surface area contributed by atoms with E-state index in [0.717, 1.165) is 44.9 Å². The van der Waals surface area contributed by atoms with E-state index in [1.165, 1.54) is 6.20 Å². The van der Waals surface area contributed by atoms with Gasteiger partial charge in [-0.05, 0) is 63.0 Å². The number of nitrogens with one attached hydrogen (secondary N) is 3. The van der Waals surface area contributed by atoms with E-state index in [-0.39, 0.29) is 36.7 Å². The number of amides is 3. The number of carbonyl (C=O) groups excluding carboxylic acids is 3. The van der Waals surface area contributed by atoms with Crippen molar-refractivity contribution in [2.75, 3.05) is 13.1 Å². The molecule has 0 saturated carbocycles. The quantitative estimate of drug-likeness (QED) is 0.138. The first kappa shape index (κ1) is 34.3. The van der Waals surface area contributed by atoms with Crippen LogP contribution in [0.2, 0.25) is 0 Å². The van der Waals surface area contributed by atoms with Gasteiger partial charge in [0.1, 0.15) is 6.04 Å². The zero-order valence-electron chi connectivity index (χ0n) is 24.5. The van der Waals surface area contributed by atoms with Crippen molar-refractivity contribution < 1.29 is 14.4 Å². The lowest BCUT2D eigenvalue weighted by Gasteiger charge is -2.21. The van der Waals surface area contributed by atoms with Crippen LogP contribution in [0.5, 0.6) is 0 Å². The Bertz CT molecular complexity index is 994. The number of nitrogens with zero attached hydrogens (tertiary/aromatic N) is 1. The summed E-state index contributed by atoms with van der Waals surface area (Å²) in [5.41, 5.74) is 0.464. The molecule has 1 rings (SSSR count). The Morgan fingerprint density at radius 2 is 1.40 bits per heavy atom. The number of pyridine rings is 1. The molecule has 7 nitrogen and oxygen atoms in total. The summed E-state index contributed by atoms with van der Waals surface area (Å²) in [4.78, 5) is 40.9. The average molecular weight is 549 g/mol. The largest absolute Gasteiger partial charge is 0.353 e. The molecule has 0 fully saturated rings. The molecule has 7 heteroatoms. The van der Waals surface area contributed by atoms with Crippen LogP contribution >= 0.6 is 0 Å². The number of rotatable bonds is 20. The van der Waals surface area contributed by atoms with Crippen LogP contribution in [0.25, 0.3) is 0 Å². The molecule has 3 amide bonds. The zero-order valence-corrected chi connectivity index (χ0v) is 24.5. The lowest BCUT2D eigenvalue weighted by Crippen LogP contribution is -2.50. The van der Waals surface area contributed by atoms with E-state index in [2.05, 4.69) is 88.6 Å². The molecular weight excluding hydrogens is 500 g/mol. The molecule has 0 spiro atoms. The summed E-state index contributed by atoms with van der Waals surface area (Å²) in [5.74, 6) is -0.689. The topological polar surface area (TPSA) is 100 Å². The van der Waals surface area contributed by atoms with Crippen molar-refractivity contribution >= 4 is 17.7 Å². The van der Waals surface area contributed by atoms with E-state index in [9.17, 15) is 14.4 Å². The van der Waals surface area contributed by atoms with Crippen molar-refractivity contribution in [2.45, 2.75) is 78.2 Å². The Labute approximate surface area is 241 Å². The summed E-state index contributed by atoms with van der Waals surface area (Å²) in [6.07, 6.45) is 31.5. The highest BCUT2D eigenvalue weighted by Gasteiger charge is 2.23. The lowest BCUT2D eigenvalue weighted by atomic mass is 10.0. The predicted octanol–water partition coefficient (Wildman–Crippen LogP) is 5.99. The third kappa shape index (κ3) is 17.7. The number of carbonyl (C=O) groups is 3. The van der Waals surface area contributed by atoms with Gasteiger partial charge in [0, 0.05) is 31.9 Å². The van der Waals surface area contributed by atoms with Gasteiger partial charge in [0.2, 0.25) is 11.8 Å². The summed E-state index contributed by atoms with van der Waals surface area (Å²) in [6, 6.07) is 2.75. The van der Waals surface area contributed by atoms with Crippen molar-refractivity contribution in [3.63, 3.8) is 0 Å². The molecule has 1 aromatic rings. The van der Waals surface area contributed by atoms with E-state index in [1.54, 1.807) is 18.3 Å². The van der Waals surface area contributed by atoms with Gasteiger partial charge in [-0.15, -0.1) is 0 Å². The van der Waals surface area contributed by atoms with Gasteiger partial charge in [0.15, 0.2) is 0 Å². The molecule has 0 aromatic carbocycles. The minimum Gasteiger partial charge on any atom is -0.353 e. The van der Waals surface area contributed by atoms with E-state index >= 15 is 0 Å². The first-order valence-corrected chi connectivity index (χ1v) is 14.5. The molecule has 0 unspecified atom stereocenters. The molecule has 0 radical (unpaired) electrons. The first-order chi connectivity index (χ1) is 19.5. The maximum atomic E-state index is 12.6. The van der Waals surface area contributed by atoms with E-state index < -0.39 is 6.04 Å². The lowest BCUT2D eigenvalue weighted by molar-refractivity contribution is -0.130. The highest BCUT2D eigenvalue weighted by Crippen LogP contribution is 2.05. The number of unbranched alkanes of at least 4 members (excludes halogenated alkanes) is 1. The van der Waals surface area contributed by atoms with Crippen LogP contribution in [-0.2, 0) is 9.59 Å². The van der Waals surface area contributed by atoms with Gasteiger partial charge in [0.05, 0.1) is 5.56 Å². The molecule has 1 heterocycles. The molecule has 40 heavy (non-hydrogen) atoms. The fraction of sp³-hybridized carbons (Fsp3) is 0.455. The van der Waals surface area contributed by atoms with Gasteiger partial charge in [-0.1, -0.05) is 81.5 Å². The van der Waals surface area contributed by atoms with E-state index in [1.807, 2.05) is 13.8 Å². The van der Waals surface area contributed by atoms with E-state index in [4.69, 9.17) is 0 Å². The molecular formula is C33H48N4O3. The SMILES string of the molecule is CC/C=C\C/C=C\C/C=C\C/C=C\C/C=C\CCCC(=O)N[C@H](C(=O)NCCNC(=O)c1cccnc1)C(C)C. The van der Waals surface area contributed by atoms with Crippen molar-refractivity contribution in [3.05, 3.63) is 90.9 Å². The van der Waals surface area contributed by atoms with E-state index in [0.29, 0.717) is 12.0 Å². The second-order valence-electron chi connectivity index (χ2n) is 9.68. The second kappa shape index (κ2) is 23.2. The molecule has 0 bridgehead atoms. The summed E-state index contributed by atoms with van der Waals surface area (Å²) in [5, 5.41) is 8.38. The number of aromatic nitrogens is 1. The van der Waals surface area contributed by atoms with Gasteiger partial charge in [-0.2, -0.15) is 0 Å². The number of hydrogen-bond donors (Lipinski definition) is 3. The van der Waals surface area contributed by atoms with Gasteiger partial charge in [0.25, 0.3) is 5.91 Å². The second-order valence-corrected chi connectivity index (χ2v) is 9.68. The summed E-state index contributed by atoms with van der Waals surface area (Å²) in [6.45, 7) is 6.48. The Balaban J connectivity index is 2.17. The average Bonchev–Trinajstić information content (AvgIpc) is 2.95. The van der Waals surface area contributed by atoms with Crippen LogP contribution in [0, 0.1) is 5.92 Å². The molecule has 1 atom stereocenters. The van der Waals surface area contributed by atoms with Crippen LogP contribution in [0.15, 0.2) is 85.3 Å². The van der Waals surface area contributed by atoms with Crippen LogP contribution < -0.4 is 16.0 Å². The minimum absolute atomic E-state index is 0.0556. The van der Waals surface area contributed by atoms with Gasteiger partial charge in [-0.25, -0.2) is 0 Å². The number of hydrogen-bond acceptors (Lipinski definition) is 4. The summed E-state index contributed by atoms with van der Waals surface area (Å²) in [7, 11) is 0. The smallest absolute Gasteiger partial charge is 0.252 e. The van der Waals surface area contributed by atoms with Crippen molar-refractivity contribution in [2.24, 2.45) is 5.92 Å². The Hall–Kier alpha value is -3.74. The fourth-order valence-corrected chi connectivity index (χ4v) is 3.60. The summed E-state index contributed by atoms with van der Waals surface area (Å²) < 4.78 is 0. The van der Waals surface area contributed by atoms with Gasteiger partial charge in [-0.3, -0.25) is 19.4 Å². The monoisotopic (exact) mass is 548 g/mol. The minimum atomic E-state index is -0.616. The van der Waals surface area contributed by atoms with Crippen LogP contribution in [0.3, 0.4) is 0 Å². The van der Waals surface area contributed by atoms with Gasteiger partial charge >= 0.3 is 0 Å². The summed E-state index contributed by atoms with van der Waals surface area (Å²) >= 11 is 0. The zero-order chi connectivity index (χ0) is 29.3. The van der Waals surface area contributed by atoms with Crippen LogP contribution in [0.4, 0.5) is 0 Å². The van der Waals surface area contributed by atoms with Crippen molar-refractivity contribution in [3.8, 4) is 0 Å². The maximum Gasteiger partial charge on any atom is 0.252 e. The number of allylic oxidation sites excluding steroid dienone is 10.